The third-order valence-corrected chi connectivity index (χ3v) is 4.35. The lowest BCUT2D eigenvalue weighted by molar-refractivity contribution is -0.137. The van der Waals surface area contributed by atoms with E-state index in [2.05, 4.69) is 32.6 Å². The Morgan fingerprint density at radius 3 is 2.47 bits per heavy atom. The predicted octanol–water partition coefficient (Wildman–Crippen LogP) is 1.49. The van der Waals surface area contributed by atoms with Crippen LogP contribution in [0.1, 0.15) is 40.5 Å². The summed E-state index contributed by atoms with van der Waals surface area (Å²) < 4.78 is 5.77. The first-order valence-electron chi connectivity index (χ1n) is 6.43. The van der Waals surface area contributed by atoms with Crippen LogP contribution in [0, 0.1) is 0 Å². The first-order valence-corrected chi connectivity index (χ1v) is 8.01. The number of aliphatic carboxylic acids is 1. The van der Waals surface area contributed by atoms with Crippen LogP contribution in [0.15, 0.2) is 0 Å². The zero-order chi connectivity index (χ0) is 13.3. The number of hydrogen-bond acceptors (Lipinski definition) is 3. The Kier molecular flexibility index (Phi) is 8.46. The number of hydrogen-bond donors (Lipinski definition) is 1. The van der Waals surface area contributed by atoms with Crippen molar-refractivity contribution in [1.29, 1.82) is 0 Å². The molecule has 0 aliphatic rings. The Labute approximate surface area is 107 Å². The van der Waals surface area contributed by atoms with Crippen molar-refractivity contribution in [3.8, 4) is 0 Å². The fourth-order valence-electron chi connectivity index (χ4n) is 1.50. The average molecular weight is 261 g/mol. The number of rotatable bonds is 9. The highest BCUT2D eigenvalue weighted by Crippen LogP contribution is 2.07. The fourth-order valence-corrected chi connectivity index (χ4v) is 2.68. The van der Waals surface area contributed by atoms with Crippen LogP contribution in [-0.2, 0) is 9.22 Å². The zero-order valence-electron chi connectivity index (χ0n) is 11.7. The molecular formula is C12H27NO3Si. The third kappa shape index (κ3) is 11.9. The van der Waals surface area contributed by atoms with Crippen LogP contribution in [-0.4, -0.2) is 51.0 Å². The fraction of sp³-hybridized carbons (Fsp3) is 0.917. The van der Waals surface area contributed by atoms with Gasteiger partial charge in [0.1, 0.15) is 0 Å². The first-order chi connectivity index (χ1) is 7.85. The van der Waals surface area contributed by atoms with Crippen molar-refractivity contribution in [2.75, 3.05) is 19.6 Å². The molecule has 0 saturated heterocycles. The number of nitrogens with zero attached hydrogens (tertiary/aromatic N) is 1. The van der Waals surface area contributed by atoms with Gasteiger partial charge >= 0.3 is 5.97 Å². The summed E-state index contributed by atoms with van der Waals surface area (Å²) in [5, 5.41) is 8.62. The van der Waals surface area contributed by atoms with Crippen LogP contribution in [0.5, 0.6) is 0 Å². The Hall–Kier alpha value is -0.393. The van der Waals surface area contributed by atoms with Crippen LogP contribution < -0.4 is 0 Å². The summed E-state index contributed by atoms with van der Waals surface area (Å²) in [6.07, 6.45) is 1.36. The number of carbonyl (C=O) groups is 1. The molecule has 0 bridgehead atoms. The van der Waals surface area contributed by atoms with Gasteiger partial charge in [-0.3, -0.25) is 4.79 Å². The number of carboxylic acid groups (broad SMARTS) is 1. The van der Waals surface area contributed by atoms with Gasteiger partial charge in [0.2, 0.25) is 0 Å². The van der Waals surface area contributed by atoms with Gasteiger partial charge in [0.25, 0.3) is 0 Å². The third-order valence-electron chi connectivity index (χ3n) is 2.49. The minimum atomic E-state index is -0.714. The summed E-state index contributed by atoms with van der Waals surface area (Å²) in [7, 11) is -0.416. The highest BCUT2D eigenvalue weighted by molar-refractivity contribution is 6.27. The molecule has 102 valence electrons. The van der Waals surface area contributed by atoms with E-state index in [1.807, 2.05) is 0 Å². The maximum atomic E-state index is 10.5. The summed E-state index contributed by atoms with van der Waals surface area (Å²) in [6, 6.07) is 1.17. The molecule has 0 atom stereocenters. The molecule has 5 heteroatoms. The van der Waals surface area contributed by atoms with Crippen molar-refractivity contribution in [1.82, 2.24) is 4.90 Å². The quantitative estimate of drug-likeness (QED) is 0.505. The summed E-state index contributed by atoms with van der Waals surface area (Å²) in [6.45, 7) is 10.9. The molecule has 0 unspecified atom stereocenters. The highest BCUT2D eigenvalue weighted by atomic mass is 28.2. The SMILES string of the molecule is CCN(CCC[SiH2]OC(C)(C)C)CCC(=O)O. The largest absolute Gasteiger partial charge is 0.481 e. The highest BCUT2D eigenvalue weighted by Gasteiger charge is 2.09. The standard InChI is InChI=1S/C12H27NO3Si/c1-5-13(9-7-11(14)15)8-6-10-17-16-12(2,3)4/h5-10,17H2,1-4H3,(H,14,15). The van der Waals surface area contributed by atoms with E-state index in [0.29, 0.717) is 6.54 Å². The van der Waals surface area contributed by atoms with Crippen LogP contribution >= 0.6 is 0 Å². The minimum Gasteiger partial charge on any atom is -0.481 e. The van der Waals surface area contributed by atoms with Crippen molar-refractivity contribution < 1.29 is 14.3 Å². The van der Waals surface area contributed by atoms with Gasteiger partial charge in [0, 0.05) is 12.1 Å². The molecule has 0 amide bonds. The van der Waals surface area contributed by atoms with E-state index in [1.54, 1.807) is 0 Å². The van der Waals surface area contributed by atoms with E-state index >= 15 is 0 Å². The van der Waals surface area contributed by atoms with Gasteiger partial charge in [0.05, 0.1) is 6.42 Å². The lowest BCUT2D eigenvalue weighted by Crippen LogP contribution is -2.28. The maximum absolute atomic E-state index is 10.5. The zero-order valence-corrected chi connectivity index (χ0v) is 13.1. The molecule has 1 N–H and O–H groups in total. The molecule has 0 aliphatic heterocycles. The van der Waals surface area contributed by atoms with E-state index in [1.165, 1.54) is 6.04 Å². The molecule has 0 aromatic carbocycles. The van der Waals surface area contributed by atoms with Crippen molar-refractivity contribution in [3.63, 3.8) is 0 Å². The summed E-state index contributed by atoms with van der Waals surface area (Å²) in [4.78, 5) is 12.7. The normalized spacial score (nSPS) is 12.8. The average Bonchev–Trinajstić information content (AvgIpc) is 2.20. The topological polar surface area (TPSA) is 49.8 Å². The smallest absolute Gasteiger partial charge is 0.304 e. The molecule has 0 fully saturated rings. The number of carboxylic acids is 1. The molecule has 0 aliphatic carbocycles. The molecule has 0 heterocycles. The van der Waals surface area contributed by atoms with Crippen molar-refractivity contribution >= 4 is 15.7 Å². The molecule has 0 rings (SSSR count). The van der Waals surface area contributed by atoms with Crippen LogP contribution in [0.2, 0.25) is 6.04 Å². The van der Waals surface area contributed by atoms with E-state index in [9.17, 15) is 4.79 Å². The monoisotopic (exact) mass is 261 g/mol. The van der Waals surface area contributed by atoms with Crippen LogP contribution in [0.3, 0.4) is 0 Å². The first kappa shape index (κ1) is 16.6. The van der Waals surface area contributed by atoms with Gasteiger partial charge in [-0.1, -0.05) is 6.92 Å². The van der Waals surface area contributed by atoms with Gasteiger partial charge in [-0.05, 0) is 46.3 Å². The van der Waals surface area contributed by atoms with E-state index < -0.39 is 15.7 Å². The second-order valence-electron chi connectivity index (χ2n) is 5.25. The molecule has 0 aromatic rings. The Bertz CT molecular complexity index is 216. The van der Waals surface area contributed by atoms with Gasteiger partial charge in [-0.15, -0.1) is 0 Å². The second-order valence-corrected chi connectivity index (χ2v) is 6.65. The summed E-state index contributed by atoms with van der Waals surface area (Å²) in [5.74, 6) is -0.714. The van der Waals surface area contributed by atoms with Crippen molar-refractivity contribution in [3.05, 3.63) is 0 Å². The predicted molar refractivity (Wildman–Crippen MR) is 73.2 cm³/mol. The summed E-state index contributed by atoms with van der Waals surface area (Å²) >= 11 is 0. The van der Waals surface area contributed by atoms with Crippen LogP contribution in [0.25, 0.3) is 0 Å². The Balaban J connectivity index is 3.53. The van der Waals surface area contributed by atoms with Gasteiger partial charge in [0.15, 0.2) is 9.76 Å². The minimum absolute atomic E-state index is 0.0000267. The molecule has 0 saturated carbocycles. The summed E-state index contributed by atoms with van der Waals surface area (Å²) in [5.41, 5.74) is -0.0000267. The van der Waals surface area contributed by atoms with E-state index in [4.69, 9.17) is 9.53 Å². The van der Waals surface area contributed by atoms with Gasteiger partial charge < -0.3 is 14.4 Å². The van der Waals surface area contributed by atoms with Crippen molar-refractivity contribution in [2.45, 2.75) is 52.2 Å². The van der Waals surface area contributed by atoms with E-state index in [0.717, 1.165) is 19.5 Å². The second kappa shape index (κ2) is 8.66. The lowest BCUT2D eigenvalue weighted by atomic mass is 10.2. The van der Waals surface area contributed by atoms with Crippen molar-refractivity contribution in [2.24, 2.45) is 0 Å². The molecule has 17 heavy (non-hydrogen) atoms. The molecule has 4 nitrogen and oxygen atoms in total. The van der Waals surface area contributed by atoms with Gasteiger partial charge in [-0.2, -0.15) is 0 Å². The maximum Gasteiger partial charge on any atom is 0.304 e. The van der Waals surface area contributed by atoms with Gasteiger partial charge in [-0.25, -0.2) is 0 Å². The molecular weight excluding hydrogens is 234 g/mol. The molecule has 0 radical (unpaired) electrons. The Morgan fingerprint density at radius 1 is 1.35 bits per heavy atom. The molecule has 0 aromatic heterocycles. The Morgan fingerprint density at radius 2 is 2.00 bits per heavy atom. The van der Waals surface area contributed by atoms with Crippen LogP contribution in [0.4, 0.5) is 0 Å². The molecule has 0 spiro atoms. The van der Waals surface area contributed by atoms with E-state index in [-0.39, 0.29) is 12.0 Å². The lowest BCUT2D eigenvalue weighted by Gasteiger charge is -2.21.